The zero-order valence-electron chi connectivity index (χ0n) is 8.18. The van der Waals surface area contributed by atoms with Gasteiger partial charge >= 0.3 is 0 Å². The summed E-state index contributed by atoms with van der Waals surface area (Å²) in [6, 6.07) is 0.883. The van der Waals surface area contributed by atoms with Crippen LogP contribution in [0.25, 0.3) is 0 Å². The van der Waals surface area contributed by atoms with Crippen molar-refractivity contribution in [1.29, 1.82) is 0 Å². The van der Waals surface area contributed by atoms with Crippen molar-refractivity contribution in [1.82, 2.24) is 5.32 Å². The van der Waals surface area contributed by atoms with Crippen LogP contribution in [0.4, 0.5) is 0 Å². The quantitative estimate of drug-likeness (QED) is 0.606. The number of amidine groups is 1. The molecule has 0 aliphatic rings. The molecule has 0 atom stereocenters. The van der Waals surface area contributed by atoms with Gasteiger partial charge in [-0.25, -0.2) is 0 Å². The van der Waals surface area contributed by atoms with Crippen LogP contribution in [0.1, 0.15) is 34.6 Å². The largest absolute Gasteiger partial charge is 0.372 e. The van der Waals surface area contributed by atoms with Crippen molar-refractivity contribution in [2.24, 2.45) is 4.99 Å². The predicted molar refractivity (Wildman–Crippen MR) is 46.5 cm³/mol. The number of hydrogen-bond donors (Lipinski definition) is 1. The predicted octanol–water partition coefficient (Wildman–Crippen LogP) is 1.81. The molecule has 0 amide bonds. The molecule has 0 aliphatic heterocycles. The van der Waals surface area contributed by atoms with Crippen LogP contribution in [-0.2, 0) is 0 Å². The van der Waals surface area contributed by atoms with E-state index in [-0.39, 0.29) is 35.6 Å². The third-order valence-electron chi connectivity index (χ3n) is 0.949. The number of aliphatic imine (C=N–C) groups is 1. The molecule has 1 radical (unpaired) electrons. The molecular formula is C8H18LaN2. The molecule has 0 bridgehead atoms. The van der Waals surface area contributed by atoms with E-state index in [2.05, 4.69) is 38.0 Å². The van der Waals surface area contributed by atoms with Crippen molar-refractivity contribution in [3.05, 3.63) is 0 Å². The van der Waals surface area contributed by atoms with E-state index in [1.807, 2.05) is 6.92 Å². The van der Waals surface area contributed by atoms with Gasteiger partial charge in [-0.1, -0.05) is 0 Å². The Bertz CT molecular complexity index is 119. The average molecular weight is 281 g/mol. The Balaban J connectivity index is 0. The minimum absolute atomic E-state index is 0. The van der Waals surface area contributed by atoms with Crippen LogP contribution in [0.15, 0.2) is 4.99 Å². The molecule has 0 aromatic carbocycles. The van der Waals surface area contributed by atoms with Gasteiger partial charge < -0.3 is 5.32 Å². The maximum Gasteiger partial charge on any atom is 0.0936 e. The van der Waals surface area contributed by atoms with E-state index in [4.69, 9.17) is 0 Å². The fraction of sp³-hybridized carbons (Fsp3) is 0.875. The van der Waals surface area contributed by atoms with Gasteiger partial charge in [-0.05, 0) is 34.6 Å². The summed E-state index contributed by atoms with van der Waals surface area (Å²) in [7, 11) is 0. The first-order chi connectivity index (χ1) is 4.52. The van der Waals surface area contributed by atoms with E-state index in [0.717, 1.165) is 5.84 Å². The van der Waals surface area contributed by atoms with Gasteiger partial charge in [0, 0.05) is 47.7 Å². The molecule has 0 fully saturated rings. The second kappa shape index (κ2) is 7.32. The SMILES string of the molecule is CC(=NC(C)C)NC(C)C.[La]. The van der Waals surface area contributed by atoms with E-state index in [9.17, 15) is 0 Å². The van der Waals surface area contributed by atoms with Crippen LogP contribution in [0.3, 0.4) is 0 Å². The molecule has 0 aromatic rings. The molecule has 0 saturated heterocycles. The van der Waals surface area contributed by atoms with Gasteiger partial charge in [-0.3, -0.25) is 4.99 Å². The smallest absolute Gasteiger partial charge is 0.0936 e. The number of nitrogens with zero attached hydrogens (tertiary/aromatic N) is 1. The molecule has 0 rings (SSSR count). The summed E-state index contributed by atoms with van der Waals surface area (Å²) in [4.78, 5) is 4.32. The molecule has 0 heterocycles. The second-order valence-electron chi connectivity index (χ2n) is 3.11. The van der Waals surface area contributed by atoms with E-state index in [0.29, 0.717) is 12.1 Å². The Hall–Kier alpha value is 0.665. The second-order valence-corrected chi connectivity index (χ2v) is 3.11. The minimum Gasteiger partial charge on any atom is -0.372 e. The summed E-state index contributed by atoms with van der Waals surface area (Å²) in [6.07, 6.45) is 0. The van der Waals surface area contributed by atoms with Crippen LogP contribution in [0, 0.1) is 35.6 Å². The van der Waals surface area contributed by atoms with Crippen molar-refractivity contribution in [2.45, 2.75) is 46.7 Å². The van der Waals surface area contributed by atoms with E-state index in [1.54, 1.807) is 0 Å². The van der Waals surface area contributed by atoms with Crippen LogP contribution < -0.4 is 5.32 Å². The van der Waals surface area contributed by atoms with Gasteiger partial charge in [0.05, 0.1) is 5.84 Å². The van der Waals surface area contributed by atoms with Gasteiger partial charge in [0.2, 0.25) is 0 Å². The van der Waals surface area contributed by atoms with Crippen LogP contribution in [-0.4, -0.2) is 17.9 Å². The molecule has 0 spiro atoms. The Morgan fingerprint density at radius 2 is 1.64 bits per heavy atom. The molecule has 0 aliphatic carbocycles. The monoisotopic (exact) mass is 281 g/mol. The molecular weight excluding hydrogens is 263 g/mol. The fourth-order valence-corrected chi connectivity index (χ4v) is 0.842. The summed E-state index contributed by atoms with van der Waals surface area (Å²) in [5.41, 5.74) is 0. The molecule has 0 saturated carbocycles. The summed E-state index contributed by atoms with van der Waals surface area (Å²) in [5.74, 6) is 1.03. The first kappa shape index (κ1) is 14.2. The first-order valence-electron chi connectivity index (χ1n) is 3.83. The summed E-state index contributed by atoms with van der Waals surface area (Å²) in [5, 5.41) is 3.22. The van der Waals surface area contributed by atoms with E-state index in [1.165, 1.54) is 0 Å². The minimum atomic E-state index is 0. The third kappa shape index (κ3) is 10.7. The number of rotatable bonds is 2. The van der Waals surface area contributed by atoms with Gasteiger partial charge in [0.25, 0.3) is 0 Å². The van der Waals surface area contributed by atoms with Gasteiger partial charge in [0.1, 0.15) is 0 Å². The molecule has 11 heavy (non-hydrogen) atoms. The topological polar surface area (TPSA) is 24.4 Å². The van der Waals surface area contributed by atoms with Crippen LogP contribution in [0.5, 0.6) is 0 Å². The Labute approximate surface area is 97.8 Å². The Morgan fingerprint density at radius 3 is 1.91 bits per heavy atom. The normalized spacial score (nSPS) is 11.7. The maximum atomic E-state index is 4.32. The van der Waals surface area contributed by atoms with Gasteiger partial charge in [-0.15, -0.1) is 0 Å². The molecule has 0 aromatic heterocycles. The first-order valence-corrected chi connectivity index (χ1v) is 3.83. The summed E-state index contributed by atoms with van der Waals surface area (Å²) >= 11 is 0. The van der Waals surface area contributed by atoms with E-state index < -0.39 is 0 Å². The average Bonchev–Trinajstić information content (AvgIpc) is 1.58. The van der Waals surface area contributed by atoms with Crippen molar-refractivity contribution in [2.75, 3.05) is 0 Å². The van der Waals surface area contributed by atoms with Crippen molar-refractivity contribution in [3.63, 3.8) is 0 Å². The fourth-order valence-electron chi connectivity index (χ4n) is 0.842. The van der Waals surface area contributed by atoms with Gasteiger partial charge in [0.15, 0.2) is 0 Å². The molecule has 3 heteroatoms. The van der Waals surface area contributed by atoms with Crippen LogP contribution in [0.2, 0.25) is 0 Å². The van der Waals surface area contributed by atoms with Crippen molar-refractivity contribution in [3.8, 4) is 0 Å². The Morgan fingerprint density at radius 1 is 1.18 bits per heavy atom. The molecule has 1 N–H and O–H groups in total. The summed E-state index contributed by atoms with van der Waals surface area (Å²) in [6.45, 7) is 10.4. The number of nitrogens with one attached hydrogen (secondary N) is 1. The summed E-state index contributed by atoms with van der Waals surface area (Å²) < 4.78 is 0. The third-order valence-corrected chi connectivity index (χ3v) is 0.949. The zero-order chi connectivity index (χ0) is 8.15. The number of hydrogen-bond acceptors (Lipinski definition) is 1. The van der Waals surface area contributed by atoms with Crippen molar-refractivity contribution < 1.29 is 35.6 Å². The Kier molecular flexibility index (Phi) is 9.45. The maximum absolute atomic E-state index is 4.32. The molecule has 2 nitrogen and oxygen atoms in total. The zero-order valence-corrected chi connectivity index (χ0v) is 11.8. The van der Waals surface area contributed by atoms with Gasteiger partial charge in [-0.2, -0.15) is 0 Å². The van der Waals surface area contributed by atoms with Crippen molar-refractivity contribution >= 4 is 5.84 Å². The standard InChI is InChI=1S/C8H18N2.La/c1-6(2)9-8(5)10-7(3)4;/h6-7H,1-5H3,(H,9,10);. The molecule has 63 valence electrons. The molecule has 0 unspecified atom stereocenters. The van der Waals surface area contributed by atoms with E-state index >= 15 is 0 Å². The van der Waals surface area contributed by atoms with Crippen LogP contribution >= 0.6 is 0 Å².